The zero-order valence-corrected chi connectivity index (χ0v) is 22.1. The van der Waals surface area contributed by atoms with Gasteiger partial charge in [0.05, 0.1) is 29.0 Å². The van der Waals surface area contributed by atoms with Gasteiger partial charge in [0.15, 0.2) is 11.0 Å². The molecule has 0 aliphatic carbocycles. The van der Waals surface area contributed by atoms with E-state index in [4.69, 9.17) is 16.3 Å². The van der Waals surface area contributed by atoms with Crippen LogP contribution in [-0.2, 0) is 11.3 Å². The Hall–Kier alpha value is -3.30. The molecule has 3 aromatic rings. The van der Waals surface area contributed by atoms with Crippen molar-refractivity contribution in [3.63, 3.8) is 0 Å². The lowest BCUT2D eigenvalue weighted by molar-refractivity contribution is -0.113. The van der Waals surface area contributed by atoms with Crippen LogP contribution in [0, 0.1) is 5.92 Å². The van der Waals surface area contributed by atoms with Crippen LogP contribution in [0.5, 0.6) is 5.75 Å². The fraction of sp³-hybridized carbons (Fsp3) is 0.308. The summed E-state index contributed by atoms with van der Waals surface area (Å²) in [5.41, 5.74) is 1.07. The smallest absolute Gasteiger partial charge is 0.253 e. The number of benzene rings is 2. The fourth-order valence-corrected chi connectivity index (χ4v) is 4.44. The van der Waals surface area contributed by atoms with E-state index in [2.05, 4.69) is 27.4 Å². The number of hydrogen-bond donors (Lipinski definition) is 2. The van der Waals surface area contributed by atoms with Gasteiger partial charge in [-0.3, -0.25) is 9.59 Å². The minimum Gasteiger partial charge on any atom is -0.494 e. The summed E-state index contributed by atoms with van der Waals surface area (Å²) >= 11 is 7.47. The van der Waals surface area contributed by atoms with E-state index in [9.17, 15) is 9.59 Å². The van der Waals surface area contributed by atoms with Crippen LogP contribution in [0.4, 0.5) is 5.69 Å². The van der Waals surface area contributed by atoms with Crippen molar-refractivity contribution in [3.05, 3.63) is 77.6 Å². The molecule has 8 nitrogen and oxygen atoms in total. The molecule has 36 heavy (non-hydrogen) atoms. The third kappa shape index (κ3) is 7.11. The summed E-state index contributed by atoms with van der Waals surface area (Å²) in [5, 5.41) is 15.5. The van der Waals surface area contributed by atoms with Gasteiger partial charge in [-0.25, -0.2) is 0 Å². The van der Waals surface area contributed by atoms with Crippen molar-refractivity contribution < 1.29 is 14.3 Å². The molecule has 1 heterocycles. The van der Waals surface area contributed by atoms with Gasteiger partial charge in [0.2, 0.25) is 5.91 Å². The predicted molar refractivity (Wildman–Crippen MR) is 144 cm³/mol. The van der Waals surface area contributed by atoms with Crippen molar-refractivity contribution in [2.45, 2.75) is 38.5 Å². The number of nitrogens with zero attached hydrogens (tertiary/aromatic N) is 3. The first-order chi connectivity index (χ1) is 17.3. The van der Waals surface area contributed by atoms with Crippen LogP contribution >= 0.6 is 23.4 Å². The molecule has 3 rings (SSSR count). The van der Waals surface area contributed by atoms with Crippen molar-refractivity contribution in [2.75, 3.05) is 17.7 Å². The third-order valence-corrected chi connectivity index (χ3v) is 6.48. The number of hydrogen-bond acceptors (Lipinski definition) is 6. The molecule has 0 unspecified atom stereocenters. The number of allylic oxidation sites excluding steroid dienone is 1. The molecule has 1 atom stereocenters. The number of nitrogens with one attached hydrogen (secondary N) is 2. The number of carbonyl (C=O) groups excluding carboxylic acids is 2. The van der Waals surface area contributed by atoms with E-state index in [0.29, 0.717) is 40.4 Å². The number of thioether (sulfide) groups is 1. The quantitative estimate of drug-likeness (QED) is 0.242. The molecule has 1 aromatic heterocycles. The van der Waals surface area contributed by atoms with Crippen LogP contribution in [0.25, 0.3) is 0 Å². The van der Waals surface area contributed by atoms with Gasteiger partial charge in [-0.2, -0.15) is 0 Å². The maximum atomic E-state index is 12.9. The zero-order chi connectivity index (χ0) is 26.1. The van der Waals surface area contributed by atoms with Crippen LogP contribution in [0.2, 0.25) is 5.02 Å². The van der Waals surface area contributed by atoms with Gasteiger partial charge >= 0.3 is 0 Å². The number of aromatic nitrogens is 3. The van der Waals surface area contributed by atoms with Crippen LogP contribution in [-0.4, -0.2) is 38.9 Å². The largest absolute Gasteiger partial charge is 0.494 e. The lowest BCUT2D eigenvalue weighted by atomic mass is 10.0. The second-order valence-corrected chi connectivity index (χ2v) is 9.56. The molecular weight excluding hydrogens is 498 g/mol. The normalized spacial score (nSPS) is 11.7. The molecule has 2 aromatic carbocycles. The molecule has 0 fully saturated rings. The molecule has 190 valence electrons. The monoisotopic (exact) mass is 527 g/mol. The molecule has 0 aliphatic rings. The Labute approximate surface area is 220 Å². The summed E-state index contributed by atoms with van der Waals surface area (Å²) < 4.78 is 7.29. The number of anilines is 1. The van der Waals surface area contributed by atoms with Gasteiger partial charge in [0, 0.05) is 12.2 Å². The number of rotatable bonds is 12. The van der Waals surface area contributed by atoms with E-state index < -0.39 is 6.04 Å². The van der Waals surface area contributed by atoms with E-state index >= 15 is 0 Å². The molecule has 2 N–H and O–H groups in total. The third-order valence-electron chi connectivity index (χ3n) is 5.19. The summed E-state index contributed by atoms with van der Waals surface area (Å²) in [5.74, 6) is 1.02. The summed E-state index contributed by atoms with van der Waals surface area (Å²) in [7, 11) is 0. The van der Waals surface area contributed by atoms with Gasteiger partial charge in [-0.05, 0) is 49.2 Å². The molecule has 0 aliphatic heterocycles. The first kappa shape index (κ1) is 27.3. The molecule has 0 saturated heterocycles. The average molecular weight is 528 g/mol. The molecule has 2 amide bonds. The predicted octanol–water partition coefficient (Wildman–Crippen LogP) is 5.37. The highest BCUT2D eigenvalue weighted by molar-refractivity contribution is 7.99. The zero-order valence-electron chi connectivity index (χ0n) is 20.5. The van der Waals surface area contributed by atoms with E-state index in [1.165, 1.54) is 11.8 Å². The highest BCUT2D eigenvalue weighted by Crippen LogP contribution is 2.27. The molecule has 0 spiro atoms. The lowest BCUT2D eigenvalue weighted by Crippen LogP contribution is -2.34. The van der Waals surface area contributed by atoms with Crippen LogP contribution < -0.4 is 15.4 Å². The number of amides is 2. The number of halogens is 1. The topological polar surface area (TPSA) is 98.1 Å². The number of ether oxygens (including phenoxy) is 1. The Morgan fingerprint density at radius 1 is 1.17 bits per heavy atom. The molecular formula is C26H30ClN5O3S. The van der Waals surface area contributed by atoms with Crippen molar-refractivity contribution in [1.29, 1.82) is 0 Å². The Kier molecular flexibility index (Phi) is 9.95. The van der Waals surface area contributed by atoms with Crippen LogP contribution in [0.1, 0.15) is 43.0 Å². The van der Waals surface area contributed by atoms with E-state index in [-0.39, 0.29) is 23.5 Å². The Balaban J connectivity index is 1.71. The summed E-state index contributed by atoms with van der Waals surface area (Å²) in [6.45, 7) is 10.7. The fourth-order valence-electron chi connectivity index (χ4n) is 3.46. The first-order valence-corrected chi connectivity index (χ1v) is 12.9. The van der Waals surface area contributed by atoms with Gasteiger partial charge in [0.25, 0.3) is 5.91 Å². The standard InChI is InChI=1S/C26H30ClN5O3S/c1-5-15-32-24(23(17(3)4)29-25(34)20-9-7-8-10-21(20)27)30-31-26(32)36-16-22(33)28-18-11-13-19(14-12-18)35-6-2/h5,7-14,17,23H,1,6,15-16H2,2-4H3,(H,28,33)(H,29,34)/t23-/m0/s1. The Morgan fingerprint density at radius 3 is 2.53 bits per heavy atom. The maximum absolute atomic E-state index is 12.9. The van der Waals surface area contributed by atoms with Gasteiger partial charge in [-0.1, -0.05) is 55.4 Å². The maximum Gasteiger partial charge on any atom is 0.253 e. The van der Waals surface area contributed by atoms with E-state index in [1.807, 2.05) is 37.5 Å². The Morgan fingerprint density at radius 2 is 1.89 bits per heavy atom. The summed E-state index contributed by atoms with van der Waals surface area (Å²) in [4.78, 5) is 25.5. The van der Waals surface area contributed by atoms with Gasteiger partial charge in [-0.15, -0.1) is 16.8 Å². The number of carbonyl (C=O) groups is 2. The van der Waals surface area contributed by atoms with Gasteiger partial charge in [0.1, 0.15) is 5.75 Å². The highest BCUT2D eigenvalue weighted by Gasteiger charge is 2.27. The van der Waals surface area contributed by atoms with Crippen molar-refractivity contribution in [2.24, 2.45) is 5.92 Å². The van der Waals surface area contributed by atoms with E-state index in [1.54, 1.807) is 42.5 Å². The lowest BCUT2D eigenvalue weighted by Gasteiger charge is -2.23. The first-order valence-electron chi connectivity index (χ1n) is 11.6. The minimum absolute atomic E-state index is 0.0185. The molecule has 0 saturated carbocycles. The Bertz CT molecular complexity index is 1200. The van der Waals surface area contributed by atoms with Crippen LogP contribution in [0.3, 0.4) is 0 Å². The minimum atomic E-state index is -0.423. The van der Waals surface area contributed by atoms with E-state index in [0.717, 1.165) is 5.75 Å². The SMILES string of the molecule is C=CCn1c(SCC(=O)Nc2ccc(OCC)cc2)nnc1[C@@H](NC(=O)c1ccccc1Cl)C(C)C. The van der Waals surface area contributed by atoms with Crippen molar-refractivity contribution in [3.8, 4) is 5.75 Å². The summed E-state index contributed by atoms with van der Waals surface area (Å²) in [6, 6.07) is 13.7. The second-order valence-electron chi connectivity index (χ2n) is 8.21. The molecule has 0 radical (unpaired) electrons. The van der Waals surface area contributed by atoms with Crippen LogP contribution in [0.15, 0.2) is 66.3 Å². The highest BCUT2D eigenvalue weighted by atomic mass is 35.5. The van der Waals surface area contributed by atoms with Crippen molar-refractivity contribution >= 4 is 40.9 Å². The second kappa shape index (κ2) is 13.1. The molecule has 10 heteroatoms. The van der Waals surface area contributed by atoms with Gasteiger partial charge < -0.3 is 19.9 Å². The summed E-state index contributed by atoms with van der Waals surface area (Å²) in [6.07, 6.45) is 1.73. The average Bonchev–Trinajstić information content (AvgIpc) is 3.25. The molecule has 0 bridgehead atoms. The van der Waals surface area contributed by atoms with Crippen molar-refractivity contribution in [1.82, 2.24) is 20.1 Å².